The summed E-state index contributed by atoms with van der Waals surface area (Å²) in [5, 5.41) is 13.2. The molecular formula is C31H25Cl2NO2. The first-order chi connectivity index (χ1) is 17.5. The second-order valence-corrected chi connectivity index (χ2v) is 9.02. The van der Waals surface area contributed by atoms with E-state index >= 15 is 0 Å². The standard InChI is InChI=1S/C31H25Cl2NO2/c1-3-7-26-14-22(15-27(19-34)25-12-11-23-8-5-6-9-24(23)18-25)17-30(35-4-2)31(26)36-20-21-10-13-28(32)29(33)16-21/h3,5-6,8-18H,1,4,7,20H2,2H3/b27-15-. The fourth-order valence-electron chi connectivity index (χ4n) is 3.99. The lowest BCUT2D eigenvalue weighted by atomic mass is 9.98. The first-order valence-electron chi connectivity index (χ1n) is 11.6. The van der Waals surface area contributed by atoms with Crippen LogP contribution in [0, 0.1) is 11.3 Å². The number of allylic oxidation sites excluding steroid dienone is 2. The summed E-state index contributed by atoms with van der Waals surface area (Å²) in [6.07, 6.45) is 4.28. The second kappa shape index (κ2) is 11.8. The van der Waals surface area contributed by atoms with Crippen molar-refractivity contribution in [2.24, 2.45) is 0 Å². The zero-order valence-electron chi connectivity index (χ0n) is 19.9. The van der Waals surface area contributed by atoms with Crippen molar-refractivity contribution in [2.45, 2.75) is 20.0 Å². The maximum Gasteiger partial charge on any atom is 0.165 e. The quantitative estimate of drug-likeness (QED) is 0.127. The smallest absolute Gasteiger partial charge is 0.165 e. The Morgan fingerprint density at radius 1 is 0.944 bits per heavy atom. The molecule has 0 saturated heterocycles. The van der Waals surface area contributed by atoms with Crippen LogP contribution < -0.4 is 9.47 Å². The third-order valence-electron chi connectivity index (χ3n) is 5.68. The summed E-state index contributed by atoms with van der Waals surface area (Å²) in [7, 11) is 0. The van der Waals surface area contributed by atoms with Crippen LogP contribution in [-0.2, 0) is 13.0 Å². The highest BCUT2D eigenvalue weighted by Crippen LogP contribution is 2.36. The SMILES string of the molecule is C=CCc1cc(/C=C(/C#N)c2ccc3ccccc3c2)cc(OCC)c1OCc1ccc(Cl)c(Cl)c1. The van der Waals surface area contributed by atoms with Gasteiger partial charge in [-0.2, -0.15) is 5.26 Å². The van der Waals surface area contributed by atoms with Crippen LogP contribution in [0.3, 0.4) is 0 Å². The Kier molecular flexibility index (Phi) is 8.33. The maximum absolute atomic E-state index is 9.95. The Morgan fingerprint density at radius 3 is 2.47 bits per heavy atom. The number of rotatable bonds is 9. The molecule has 36 heavy (non-hydrogen) atoms. The molecule has 0 spiro atoms. The second-order valence-electron chi connectivity index (χ2n) is 8.20. The molecule has 0 atom stereocenters. The molecule has 0 aliphatic carbocycles. The third-order valence-corrected chi connectivity index (χ3v) is 6.42. The van der Waals surface area contributed by atoms with Gasteiger partial charge in [0.1, 0.15) is 6.61 Å². The van der Waals surface area contributed by atoms with Gasteiger partial charge in [0, 0.05) is 5.56 Å². The summed E-state index contributed by atoms with van der Waals surface area (Å²) in [5.41, 5.74) is 4.08. The molecule has 0 unspecified atom stereocenters. The normalized spacial score (nSPS) is 11.2. The summed E-state index contributed by atoms with van der Waals surface area (Å²) >= 11 is 12.2. The number of hydrogen-bond donors (Lipinski definition) is 0. The molecule has 0 N–H and O–H groups in total. The van der Waals surface area contributed by atoms with E-state index in [4.69, 9.17) is 32.7 Å². The minimum atomic E-state index is 0.302. The van der Waals surface area contributed by atoms with Crippen molar-refractivity contribution in [3.8, 4) is 17.6 Å². The monoisotopic (exact) mass is 513 g/mol. The number of fused-ring (bicyclic) bond motifs is 1. The van der Waals surface area contributed by atoms with Crippen LogP contribution in [0.4, 0.5) is 0 Å². The highest BCUT2D eigenvalue weighted by molar-refractivity contribution is 6.42. The molecular weight excluding hydrogens is 489 g/mol. The van der Waals surface area contributed by atoms with Crippen molar-refractivity contribution in [1.82, 2.24) is 0 Å². The van der Waals surface area contributed by atoms with Crippen molar-refractivity contribution in [3.05, 3.63) is 118 Å². The van der Waals surface area contributed by atoms with E-state index in [1.807, 2.05) is 73.7 Å². The Morgan fingerprint density at radius 2 is 1.75 bits per heavy atom. The van der Waals surface area contributed by atoms with E-state index in [1.165, 1.54) is 0 Å². The van der Waals surface area contributed by atoms with E-state index < -0.39 is 0 Å². The molecule has 5 heteroatoms. The van der Waals surface area contributed by atoms with Crippen LogP contribution in [0.25, 0.3) is 22.4 Å². The van der Waals surface area contributed by atoms with E-state index in [1.54, 1.807) is 12.1 Å². The molecule has 0 aliphatic rings. The average molecular weight is 514 g/mol. The average Bonchev–Trinajstić information content (AvgIpc) is 2.89. The molecule has 4 rings (SSSR count). The molecule has 4 aromatic rings. The van der Waals surface area contributed by atoms with Gasteiger partial charge in [-0.3, -0.25) is 0 Å². The first-order valence-corrected chi connectivity index (χ1v) is 12.4. The molecule has 180 valence electrons. The number of ether oxygens (including phenoxy) is 2. The zero-order chi connectivity index (χ0) is 25.5. The predicted molar refractivity (Wildman–Crippen MR) is 150 cm³/mol. The van der Waals surface area contributed by atoms with Crippen molar-refractivity contribution in [1.29, 1.82) is 5.26 Å². The van der Waals surface area contributed by atoms with Gasteiger partial charge in [-0.25, -0.2) is 0 Å². The van der Waals surface area contributed by atoms with Gasteiger partial charge in [0.2, 0.25) is 0 Å². The van der Waals surface area contributed by atoms with Gasteiger partial charge in [-0.15, -0.1) is 6.58 Å². The van der Waals surface area contributed by atoms with Gasteiger partial charge in [0.25, 0.3) is 0 Å². The number of nitrogens with zero attached hydrogens (tertiary/aromatic N) is 1. The summed E-state index contributed by atoms with van der Waals surface area (Å²) in [6, 6.07) is 25.8. The lowest BCUT2D eigenvalue weighted by Gasteiger charge is -2.17. The topological polar surface area (TPSA) is 42.2 Å². The summed E-state index contributed by atoms with van der Waals surface area (Å²) < 4.78 is 12.2. The largest absolute Gasteiger partial charge is 0.490 e. The maximum atomic E-state index is 9.95. The lowest BCUT2D eigenvalue weighted by molar-refractivity contribution is 0.267. The lowest BCUT2D eigenvalue weighted by Crippen LogP contribution is -2.03. The number of halogens is 2. The van der Waals surface area contributed by atoms with Gasteiger partial charge < -0.3 is 9.47 Å². The Bertz CT molecular complexity index is 1480. The predicted octanol–water partition coefficient (Wildman–Crippen LogP) is 8.92. The molecule has 0 heterocycles. The van der Waals surface area contributed by atoms with Crippen LogP contribution in [0.5, 0.6) is 11.5 Å². The van der Waals surface area contributed by atoms with Crippen LogP contribution >= 0.6 is 23.2 Å². The highest BCUT2D eigenvalue weighted by Gasteiger charge is 2.14. The van der Waals surface area contributed by atoms with Gasteiger partial charge in [0.15, 0.2) is 11.5 Å². The van der Waals surface area contributed by atoms with E-state index in [0.717, 1.165) is 33.0 Å². The molecule has 3 nitrogen and oxygen atoms in total. The molecule has 0 aliphatic heterocycles. The summed E-state index contributed by atoms with van der Waals surface area (Å²) in [5.74, 6) is 1.25. The third kappa shape index (κ3) is 5.91. The summed E-state index contributed by atoms with van der Waals surface area (Å²) in [6.45, 7) is 6.60. The summed E-state index contributed by atoms with van der Waals surface area (Å²) in [4.78, 5) is 0. The number of hydrogen-bond acceptors (Lipinski definition) is 3. The van der Waals surface area contributed by atoms with Gasteiger partial charge in [0.05, 0.1) is 28.3 Å². The minimum absolute atomic E-state index is 0.302. The number of nitriles is 1. The molecule has 0 bridgehead atoms. The Hall–Kier alpha value is -3.71. The van der Waals surface area contributed by atoms with Gasteiger partial charge >= 0.3 is 0 Å². The Labute approximate surface area is 221 Å². The number of benzene rings is 4. The fraction of sp³-hybridized carbons (Fsp3) is 0.129. The van der Waals surface area contributed by atoms with Crippen LogP contribution in [-0.4, -0.2) is 6.61 Å². The van der Waals surface area contributed by atoms with Crippen molar-refractivity contribution in [3.63, 3.8) is 0 Å². The van der Waals surface area contributed by atoms with Crippen LogP contribution in [0.2, 0.25) is 10.0 Å². The molecule has 0 fully saturated rings. The molecule has 0 radical (unpaired) electrons. The first kappa shape index (κ1) is 25.4. The molecule has 0 aromatic heterocycles. The molecule has 0 saturated carbocycles. The van der Waals surface area contributed by atoms with Crippen molar-refractivity contribution < 1.29 is 9.47 Å². The fourth-order valence-corrected chi connectivity index (χ4v) is 4.31. The minimum Gasteiger partial charge on any atom is -0.490 e. The highest BCUT2D eigenvalue weighted by atomic mass is 35.5. The van der Waals surface area contributed by atoms with Gasteiger partial charge in [-0.05, 0) is 77.2 Å². The van der Waals surface area contributed by atoms with Crippen LogP contribution in [0.15, 0.2) is 85.5 Å². The molecule has 0 amide bonds. The van der Waals surface area contributed by atoms with Crippen molar-refractivity contribution >= 4 is 45.6 Å². The zero-order valence-corrected chi connectivity index (χ0v) is 21.4. The van der Waals surface area contributed by atoms with Crippen LogP contribution in [0.1, 0.15) is 29.2 Å². The van der Waals surface area contributed by atoms with Crippen molar-refractivity contribution in [2.75, 3.05) is 6.61 Å². The van der Waals surface area contributed by atoms with E-state index in [-0.39, 0.29) is 0 Å². The van der Waals surface area contributed by atoms with E-state index in [0.29, 0.717) is 46.8 Å². The van der Waals surface area contributed by atoms with Gasteiger partial charge in [-0.1, -0.05) is 71.7 Å². The van der Waals surface area contributed by atoms with E-state index in [2.05, 4.69) is 18.7 Å². The Balaban J connectivity index is 1.72. The molecule has 4 aromatic carbocycles. The van der Waals surface area contributed by atoms with E-state index in [9.17, 15) is 5.26 Å².